The molecule has 0 radical (unpaired) electrons. The summed E-state index contributed by atoms with van der Waals surface area (Å²) < 4.78 is 35.5. The fourth-order valence-corrected chi connectivity index (χ4v) is 9.03. The number of carbonyl (C=O) groups excluding carboxylic acids is 2. The SMILES string of the molecule is CN(C)C(=O)[C@H]1CC/C=C/[C@H](O)[C@@H]2CC[C@H]2CN2C[C@@]3(CCCc4cc(Cl)ccc43)COc3ccc(cc32)C(=O)NS1(=O)=O. The van der Waals surface area contributed by atoms with Gasteiger partial charge in [0, 0.05) is 43.2 Å². The Morgan fingerprint density at radius 3 is 2.73 bits per heavy atom. The first-order chi connectivity index (χ1) is 21.0. The number of aryl methyl sites for hydroxylation is 1. The molecule has 2 heterocycles. The zero-order valence-electron chi connectivity index (χ0n) is 25.2. The van der Waals surface area contributed by atoms with Gasteiger partial charge in [0.1, 0.15) is 5.75 Å². The standard InChI is InChI=1S/C33H40ClN3O6S/c1-36(2)32(40)30-8-4-3-7-28(38)25-12-9-23(25)18-37-19-33(15-5-6-21-16-24(34)11-13-26(21)33)20-43-29-14-10-22(17-27(29)37)31(39)35-44(30,41)42/h3,7,10-11,13-14,16-17,23,25,28,30,38H,4-6,8-9,12,15,18-20H2,1-2H3,(H,35,39)/b7-3+/t23-,25+,28-,30+,33-/m0/s1. The molecule has 0 unspecified atom stereocenters. The first-order valence-electron chi connectivity index (χ1n) is 15.4. The van der Waals surface area contributed by atoms with Crippen LogP contribution in [0.1, 0.15) is 60.0 Å². The second-order valence-electron chi connectivity index (χ2n) is 13.0. The van der Waals surface area contributed by atoms with Gasteiger partial charge in [-0.2, -0.15) is 0 Å². The lowest BCUT2D eigenvalue weighted by molar-refractivity contribution is -0.128. The molecular weight excluding hydrogens is 602 g/mol. The molecule has 236 valence electrons. The van der Waals surface area contributed by atoms with Crippen LogP contribution < -0.4 is 14.4 Å². The van der Waals surface area contributed by atoms with Crippen LogP contribution in [-0.4, -0.2) is 75.4 Å². The largest absolute Gasteiger partial charge is 0.490 e. The number of nitrogens with one attached hydrogen (secondary N) is 1. The van der Waals surface area contributed by atoms with Gasteiger partial charge in [-0.15, -0.1) is 0 Å². The molecule has 44 heavy (non-hydrogen) atoms. The third kappa shape index (κ3) is 5.84. The van der Waals surface area contributed by atoms with Gasteiger partial charge in [0.2, 0.25) is 15.9 Å². The van der Waals surface area contributed by atoms with Gasteiger partial charge in [-0.3, -0.25) is 9.59 Å². The van der Waals surface area contributed by atoms with Gasteiger partial charge in [0.25, 0.3) is 5.91 Å². The molecule has 2 amide bonds. The van der Waals surface area contributed by atoms with Gasteiger partial charge in [0.15, 0.2) is 5.25 Å². The Bertz CT molecular complexity index is 1590. The Hall–Kier alpha value is -3.08. The predicted molar refractivity (Wildman–Crippen MR) is 170 cm³/mol. The van der Waals surface area contributed by atoms with Gasteiger partial charge in [-0.25, -0.2) is 13.1 Å². The first kappa shape index (κ1) is 30.9. The third-order valence-corrected chi connectivity index (χ3v) is 11.8. The maximum Gasteiger partial charge on any atom is 0.264 e. The Balaban J connectivity index is 1.42. The van der Waals surface area contributed by atoms with Crippen LogP contribution in [0.4, 0.5) is 5.69 Å². The van der Waals surface area contributed by atoms with E-state index in [9.17, 15) is 23.1 Å². The zero-order chi connectivity index (χ0) is 31.2. The number of benzene rings is 2. The highest BCUT2D eigenvalue weighted by molar-refractivity contribution is 7.91. The van der Waals surface area contributed by atoms with Gasteiger partial charge in [0.05, 0.1) is 18.4 Å². The van der Waals surface area contributed by atoms with Gasteiger partial charge in [-0.05, 0) is 98.2 Å². The molecule has 9 nitrogen and oxygen atoms in total. The minimum Gasteiger partial charge on any atom is -0.490 e. The quantitative estimate of drug-likeness (QED) is 0.451. The van der Waals surface area contributed by atoms with Crippen LogP contribution in [0.5, 0.6) is 5.75 Å². The van der Waals surface area contributed by atoms with Crippen molar-refractivity contribution in [3.8, 4) is 5.75 Å². The molecule has 5 atom stereocenters. The molecule has 1 fully saturated rings. The molecule has 1 saturated carbocycles. The number of hydrogen-bond acceptors (Lipinski definition) is 7. The lowest BCUT2D eigenvalue weighted by atomic mass is 9.68. The Morgan fingerprint density at radius 2 is 1.98 bits per heavy atom. The minimum atomic E-state index is -4.36. The number of nitrogens with zero attached hydrogens (tertiary/aromatic N) is 2. The fraction of sp³-hybridized carbons (Fsp3) is 0.515. The van der Waals surface area contributed by atoms with Crippen molar-refractivity contribution in [2.24, 2.45) is 11.8 Å². The number of sulfonamides is 1. The molecule has 11 heteroatoms. The highest BCUT2D eigenvalue weighted by atomic mass is 35.5. The van der Waals surface area contributed by atoms with E-state index < -0.39 is 33.2 Å². The number of hydrogen-bond donors (Lipinski definition) is 2. The van der Waals surface area contributed by atoms with E-state index in [2.05, 4.69) is 15.7 Å². The highest BCUT2D eigenvalue weighted by Crippen LogP contribution is 2.46. The number of aliphatic hydroxyl groups excluding tert-OH is 1. The van der Waals surface area contributed by atoms with Crippen molar-refractivity contribution in [2.75, 3.05) is 38.7 Å². The summed E-state index contributed by atoms with van der Waals surface area (Å²) in [5.41, 5.74) is 3.03. The summed E-state index contributed by atoms with van der Waals surface area (Å²) in [7, 11) is -1.38. The van der Waals surface area contributed by atoms with E-state index in [1.165, 1.54) is 30.1 Å². The number of anilines is 1. The molecule has 2 aromatic carbocycles. The van der Waals surface area contributed by atoms with Crippen LogP contribution in [0.15, 0.2) is 48.6 Å². The number of carbonyl (C=O) groups is 2. The lowest BCUT2D eigenvalue weighted by Gasteiger charge is -2.45. The second kappa shape index (κ2) is 12.0. The maximum absolute atomic E-state index is 13.5. The molecule has 2 aliphatic carbocycles. The van der Waals surface area contributed by atoms with Crippen LogP contribution in [0.3, 0.4) is 0 Å². The number of halogens is 1. The molecule has 1 spiro atoms. The van der Waals surface area contributed by atoms with Crippen molar-refractivity contribution in [1.29, 1.82) is 0 Å². The van der Waals surface area contributed by atoms with E-state index in [0.717, 1.165) is 37.8 Å². The van der Waals surface area contributed by atoms with Gasteiger partial charge >= 0.3 is 0 Å². The second-order valence-corrected chi connectivity index (χ2v) is 15.3. The average Bonchev–Trinajstić information content (AvgIpc) is 3.11. The number of amides is 2. The van der Waals surface area contributed by atoms with Crippen LogP contribution in [0.25, 0.3) is 0 Å². The number of ether oxygens (including phenoxy) is 1. The third-order valence-electron chi connectivity index (χ3n) is 9.92. The minimum absolute atomic E-state index is 0.0164. The fourth-order valence-electron chi connectivity index (χ4n) is 7.39. The number of rotatable bonds is 1. The van der Waals surface area contributed by atoms with Crippen molar-refractivity contribution in [3.05, 3.63) is 70.3 Å². The van der Waals surface area contributed by atoms with E-state index in [1.54, 1.807) is 30.4 Å². The summed E-state index contributed by atoms with van der Waals surface area (Å²) in [6, 6.07) is 11.1. The van der Waals surface area contributed by atoms with E-state index in [-0.39, 0.29) is 35.7 Å². The Kier molecular flexibility index (Phi) is 8.45. The molecule has 2 bridgehead atoms. The first-order valence-corrected chi connectivity index (χ1v) is 17.3. The van der Waals surface area contributed by atoms with Crippen LogP contribution in [0.2, 0.25) is 5.02 Å². The van der Waals surface area contributed by atoms with Crippen LogP contribution in [-0.2, 0) is 26.7 Å². The van der Waals surface area contributed by atoms with E-state index in [4.69, 9.17) is 16.3 Å². The number of fused-ring (bicyclic) bond motifs is 4. The number of allylic oxidation sites excluding steroid dienone is 1. The van der Waals surface area contributed by atoms with Crippen LogP contribution in [0, 0.1) is 11.8 Å². The van der Waals surface area contributed by atoms with Crippen molar-refractivity contribution < 1.29 is 27.9 Å². The summed E-state index contributed by atoms with van der Waals surface area (Å²) in [6.45, 7) is 1.77. The summed E-state index contributed by atoms with van der Waals surface area (Å²) in [5, 5.41) is 10.4. The summed E-state index contributed by atoms with van der Waals surface area (Å²) in [4.78, 5) is 29.9. The van der Waals surface area contributed by atoms with Crippen molar-refractivity contribution in [1.82, 2.24) is 9.62 Å². The highest BCUT2D eigenvalue weighted by Gasteiger charge is 2.44. The Labute approximate surface area is 264 Å². The van der Waals surface area contributed by atoms with E-state index >= 15 is 0 Å². The molecule has 0 aromatic heterocycles. The Morgan fingerprint density at radius 1 is 1.16 bits per heavy atom. The summed E-state index contributed by atoms with van der Waals surface area (Å²) >= 11 is 6.38. The zero-order valence-corrected chi connectivity index (χ0v) is 26.7. The number of aliphatic hydroxyl groups is 1. The normalized spacial score (nSPS) is 30.5. The molecule has 2 aromatic rings. The molecule has 0 saturated heterocycles. The topological polar surface area (TPSA) is 116 Å². The molecule has 2 aliphatic heterocycles. The van der Waals surface area contributed by atoms with Gasteiger partial charge in [-0.1, -0.05) is 29.8 Å². The van der Waals surface area contributed by atoms with Crippen molar-refractivity contribution in [2.45, 2.75) is 61.7 Å². The molecule has 4 aliphatic rings. The molecule has 6 rings (SSSR count). The summed E-state index contributed by atoms with van der Waals surface area (Å²) in [5.74, 6) is -0.504. The average molecular weight is 642 g/mol. The smallest absolute Gasteiger partial charge is 0.264 e. The monoisotopic (exact) mass is 641 g/mol. The van der Waals surface area contributed by atoms with Gasteiger partial charge < -0.3 is 19.6 Å². The predicted octanol–water partition coefficient (Wildman–Crippen LogP) is 4.07. The molecular formula is C33H40ClN3O6S. The van der Waals surface area contributed by atoms with Crippen LogP contribution >= 0.6 is 11.6 Å². The van der Waals surface area contributed by atoms with Crippen molar-refractivity contribution >= 4 is 39.1 Å². The van der Waals surface area contributed by atoms with E-state index in [0.29, 0.717) is 30.5 Å². The summed E-state index contributed by atoms with van der Waals surface area (Å²) in [6.07, 6.45) is 7.78. The van der Waals surface area contributed by atoms with E-state index in [1.807, 2.05) is 12.1 Å². The maximum atomic E-state index is 13.5. The molecule has 2 N–H and O–H groups in total. The lowest BCUT2D eigenvalue weighted by Crippen LogP contribution is -2.49. The van der Waals surface area contributed by atoms with Crippen molar-refractivity contribution in [3.63, 3.8) is 0 Å².